The Morgan fingerprint density at radius 3 is 2.88 bits per heavy atom. The van der Waals surface area contributed by atoms with Crippen LogP contribution in [0.1, 0.15) is 44.9 Å². The van der Waals surface area contributed by atoms with Gasteiger partial charge in [-0.05, 0) is 37.6 Å². The number of aliphatic hydroxyl groups is 1. The molecule has 1 fully saturated rings. The molecule has 2 unspecified atom stereocenters. The maximum atomic E-state index is 10.2. The number of hydrogen-bond donors (Lipinski definition) is 2. The molecule has 2 rings (SSSR count). The average molecular weight is 253 g/mol. The van der Waals surface area contributed by atoms with Gasteiger partial charge in [-0.2, -0.15) is 0 Å². The summed E-state index contributed by atoms with van der Waals surface area (Å²) in [4.78, 5) is 1.41. The molecule has 1 aliphatic rings. The first-order valence-electron chi connectivity index (χ1n) is 6.42. The van der Waals surface area contributed by atoms with Crippen molar-refractivity contribution in [3.63, 3.8) is 0 Å². The third-order valence-electron chi connectivity index (χ3n) is 3.91. The van der Waals surface area contributed by atoms with Crippen LogP contribution in [0, 0.1) is 0 Å². The van der Waals surface area contributed by atoms with E-state index in [9.17, 15) is 5.11 Å². The van der Waals surface area contributed by atoms with Crippen molar-refractivity contribution in [1.82, 2.24) is 5.32 Å². The second kappa shape index (κ2) is 4.71. The summed E-state index contributed by atoms with van der Waals surface area (Å²) >= 11 is 1.81. The molecular formula is C14H23NOS. The van der Waals surface area contributed by atoms with Gasteiger partial charge in [0.1, 0.15) is 0 Å². The van der Waals surface area contributed by atoms with E-state index < -0.39 is 5.60 Å². The Balaban J connectivity index is 1.94. The van der Waals surface area contributed by atoms with Crippen LogP contribution in [0.4, 0.5) is 0 Å². The van der Waals surface area contributed by atoms with Crippen LogP contribution in [0.3, 0.4) is 0 Å². The summed E-state index contributed by atoms with van der Waals surface area (Å²) in [7, 11) is 0. The molecule has 0 radical (unpaired) electrons. The number of nitrogens with one attached hydrogen (secondary N) is 1. The molecule has 17 heavy (non-hydrogen) atoms. The minimum Gasteiger partial charge on any atom is -0.389 e. The van der Waals surface area contributed by atoms with Gasteiger partial charge in [-0.1, -0.05) is 19.9 Å². The zero-order valence-electron chi connectivity index (χ0n) is 11.0. The van der Waals surface area contributed by atoms with E-state index in [4.69, 9.17) is 0 Å². The molecule has 0 spiro atoms. The van der Waals surface area contributed by atoms with Crippen molar-refractivity contribution in [3.8, 4) is 0 Å². The first-order valence-corrected chi connectivity index (χ1v) is 7.29. The third kappa shape index (κ3) is 2.90. The SMILES string of the molecule is CC(C)(CNC1CCCC1(C)O)c1cccs1. The van der Waals surface area contributed by atoms with Crippen molar-refractivity contribution in [2.24, 2.45) is 0 Å². The first-order chi connectivity index (χ1) is 7.92. The number of rotatable bonds is 4. The Labute approximate surface area is 108 Å². The zero-order valence-corrected chi connectivity index (χ0v) is 11.8. The standard InChI is InChI=1S/C14H23NOS/c1-13(2,12-7-5-9-17-12)10-15-11-6-4-8-14(11,3)16/h5,7,9,11,15-16H,4,6,8,10H2,1-3H3. The molecule has 1 aromatic rings. The Morgan fingerprint density at radius 1 is 1.59 bits per heavy atom. The highest BCUT2D eigenvalue weighted by atomic mass is 32.1. The van der Waals surface area contributed by atoms with Gasteiger partial charge in [-0.25, -0.2) is 0 Å². The lowest BCUT2D eigenvalue weighted by Gasteiger charge is -2.31. The fourth-order valence-electron chi connectivity index (χ4n) is 2.60. The molecule has 1 heterocycles. The molecular weight excluding hydrogens is 230 g/mol. The van der Waals surface area contributed by atoms with Crippen molar-refractivity contribution in [2.75, 3.05) is 6.54 Å². The minimum atomic E-state index is -0.522. The summed E-state index contributed by atoms with van der Waals surface area (Å²) in [6.45, 7) is 7.40. The van der Waals surface area contributed by atoms with Crippen LogP contribution >= 0.6 is 11.3 Å². The van der Waals surface area contributed by atoms with Crippen LogP contribution in [0.25, 0.3) is 0 Å². The van der Waals surface area contributed by atoms with E-state index in [1.807, 2.05) is 18.3 Å². The van der Waals surface area contributed by atoms with Crippen molar-refractivity contribution in [2.45, 2.75) is 57.1 Å². The molecule has 2 nitrogen and oxygen atoms in total. The van der Waals surface area contributed by atoms with E-state index in [1.54, 1.807) is 0 Å². The van der Waals surface area contributed by atoms with Crippen molar-refractivity contribution in [1.29, 1.82) is 0 Å². The van der Waals surface area contributed by atoms with Gasteiger partial charge in [0.05, 0.1) is 5.60 Å². The maximum absolute atomic E-state index is 10.2. The van der Waals surface area contributed by atoms with Crippen LogP contribution in [-0.4, -0.2) is 23.3 Å². The fraction of sp³-hybridized carbons (Fsp3) is 0.714. The van der Waals surface area contributed by atoms with E-state index in [2.05, 4.69) is 36.7 Å². The van der Waals surface area contributed by atoms with Crippen molar-refractivity contribution >= 4 is 11.3 Å². The number of thiophene rings is 1. The Morgan fingerprint density at radius 2 is 2.35 bits per heavy atom. The average Bonchev–Trinajstić information content (AvgIpc) is 2.84. The van der Waals surface area contributed by atoms with Crippen LogP contribution in [0.5, 0.6) is 0 Å². The fourth-order valence-corrected chi connectivity index (χ4v) is 3.45. The summed E-state index contributed by atoms with van der Waals surface area (Å²) in [5, 5.41) is 15.9. The summed E-state index contributed by atoms with van der Waals surface area (Å²) in [5.41, 5.74) is -0.377. The Bertz CT molecular complexity index is 356. The van der Waals surface area contributed by atoms with Crippen LogP contribution in [0.2, 0.25) is 0 Å². The molecule has 0 aliphatic heterocycles. The summed E-state index contributed by atoms with van der Waals surface area (Å²) in [6.07, 6.45) is 3.14. The molecule has 2 N–H and O–H groups in total. The van der Waals surface area contributed by atoms with Crippen LogP contribution in [-0.2, 0) is 5.41 Å². The topological polar surface area (TPSA) is 32.3 Å². The molecule has 0 aromatic carbocycles. The smallest absolute Gasteiger partial charge is 0.0772 e. The highest BCUT2D eigenvalue weighted by Gasteiger charge is 2.37. The van der Waals surface area contributed by atoms with E-state index >= 15 is 0 Å². The molecule has 0 amide bonds. The number of hydrogen-bond acceptors (Lipinski definition) is 3. The van der Waals surface area contributed by atoms with Crippen molar-refractivity contribution in [3.05, 3.63) is 22.4 Å². The molecule has 96 valence electrons. The lowest BCUT2D eigenvalue weighted by atomic mass is 9.90. The van der Waals surface area contributed by atoms with E-state index in [-0.39, 0.29) is 11.5 Å². The van der Waals surface area contributed by atoms with Crippen LogP contribution < -0.4 is 5.32 Å². The molecule has 2 atom stereocenters. The van der Waals surface area contributed by atoms with Gasteiger partial charge in [0.25, 0.3) is 0 Å². The second-order valence-electron chi connectivity index (χ2n) is 6.04. The van der Waals surface area contributed by atoms with E-state index in [0.717, 1.165) is 25.8 Å². The summed E-state index contributed by atoms with van der Waals surface area (Å²) < 4.78 is 0. The predicted molar refractivity (Wildman–Crippen MR) is 73.6 cm³/mol. The predicted octanol–water partition coefficient (Wildman–Crippen LogP) is 2.92. The lowest BCUT2D eigenvalue weighted by Crippen LogP contribution is -2.48. The highest BCUT2D eigenvalue weighted by Crippen LogP contribution is 2.31. The first kappa shape index (κ1) is 13.1. The van der Waals surface area contributed by atoms with Gasteiger partial charge in [0.15, 0.2) is 0 Å². The normalized spacial score (nSPS) is 29.8. The van der Waals surface area contributed by atoms with Gasteiger partial charge in [0.2, 0.25) is 0 Å². The Kier molecular flexibility index (Phi) is 3.62. The van der Waals surface area contributed by atoms with Gasteiger partial charge >= 0.3 is 0 Å². The largest absolute Gasteiger partial charge is 0.389 e. The molecule has 0 saturated heterocycles. The van der Waals surface area contributed by atoms with Crippen molar-refractivity contribution < 1.29 is 5.11 Å². The van der Waals surface area contributed by atoms with Gasteiger partial charge in [0, 0.05) is 22.9 Å². The summed E-state index contributed by atoms with van der Waals surface area (Å²) in [6, 6.07) is 4.55. The molecule has 3 heteroatoms. The van der Waals surface area contributed by atoms with Crippen LogP contribution in [0.15, 0.2) is 17.5 Å². The van der Waals surface area contributed by atoms with Gasteiger partial charge in [-0.3, -0.25) is 0 Å². The molecule has 0 bridgehead atoms. The second-order valence-corrected chi connectivity index (χ2v) is 6.99. The molecule has 1 saturated carbocycles. The molecule has 1 aliphatic carbocycles. The quantitative estimate of drug-likeness (QED) is 0.865. The maximum Gasteiger partial charge on any atom is 0.0772 e. The molecule has 1 aromatic heterocycles. The van der Waals surface area contributed by atoms with Gasteiger partial charge < -0.3 is 10.4 Å². The lowest BCUT2D eigenvalue weighted by molar-refractivity contribution is 0.0379. The monoisotopic (exact) mass is 253 g/mol. The zero-order chi connectivity index (χ0) is 12.5. The summed E-state index contributed by atoms with van der Waals surface area (Å²) in [5.74, 6) is 0. The Hall–Kier alpha value is -0.380. The van der Waals surface area contributed by atoms with E-state index in [1.165, 1.54) is 4.88 Å². The third-order valence-corrected chi connectivity index (χ3v) is 5.14. The van der Waals surface area contributed by atoms with Gasteiger partial charge in [-0.15, -0.1) is 11.3 Å². The highest BCUT2D eigenvalue weighted by molar-refractivity contribution is 7.10. The minimum absolute atomic E-state index is 0.146. The van der Waals surface area contributed by atoms with E-state index in [0.29, 0.717) is 0 Å².